The number of aromatic hydroxyl groups is 1. The number of halogens is 1. The Balaban J connectivity index is 1.89. The number of phenolic OH excluding ortho intramolecular Hbond substituents is 1. The Bertz CT molecular complexity index is 698. The van der Waals surface area contributed by atoms with Crippen LogP contribution in [0.1, 0.15) is 15.9 Å². The second-order valence-corrected chi connectivity index (χ2v) is 5.07. The lowest BCUT2D eigenvalue weighted by atomic mass is 10.2. The third kappa shape index (κ3) is 4.23. The van der Waals surface area contributed by atoms with E-state index in [1.807, 2.05) is 6.92 Å². The zero-order chi connectivity index (χ0) is 16.1. The van der Waals surface area contributed by atoms with Crippen LogP contribution in [-0.2, 0) is 9.53 Å². The average Bonchev–Trinajstić information content (AvgIpc) is 2.48. The Morgan fingerprint density at radius 2 is 1.86 bits per heavy atom. The first-order valence-electron chi connectivity index (χ1n) is 6.48. The fourth-order valence-electron chi connectivity index (χ4n) is 1.77. The largest absolute Gasteiger partial charge is 0.508 e. The van der Waals surface area contributed by atoms with Gasteiger partial charge in [0.15, 0.2) is 6.61 Å². The lowest BCUT2D eigenvalue weighted by molar-refractivity contribution is -0.119. The first-order valence-corrected chi connectivity index (χ1v) is 6.85. The van der Waals surface area contributed by atoms with Crippen molar-refractivity contribution in [1.82, 2.24) is 0 Å². The van der Waals surface area contributed by atoms with E-state index in [0.717, 1.165) is 5.56 Å². The Morgan fingerprint density at radius 3 is 2.50 bits per heavy atom. The molecule has 0 spiro atoms. The summed E-state index contributed by atoms with van der Waals surface area (Å²) in [5.41, 5.74) is 1.68. The molecule has 0 radical (unpaired) electrons. The van der Waals surface area contributed by atoms with Gasteiger partial charge in [-0.25, -0.2) is 4.79 Å². The van der Waals surface area contributed by atoms with Gasteiger partial charge in [0.25, 0.3) is 5.91 Å². The van der Waals surface area contributed by atoms with Gasteiger partial charge in [-0.3, -0.25) is 4.79 Å². The molecule has 2 N–H and O–H groups in total. The molecule has 0 aromatic heterocycles. The minimum Gasteiger partial charge on any atom is -0.508 e. The van der Waals surface area contributed by atoms with E-state index in [2.05, 4.69) is 5.32 Å². The van der Waals surface area contributed by atoms with E-state index in [0.29, 0.717) is 10.7 Å². The van der Waals surface area contributed by atoms with Crippen molar-refractivity contribution in [2.45, 2.75) is 6.92 Å². The van der Waals surface area contributed by atoms with E-state index < -0.39 is 18.5 Å². The molecule has 6 heteroatoms. The topological polar surface area (TPSA) is 75.6 Å². The van der Waals surface area contributed by atoms with Crippen LogP contribution < -0.4 is 5.32 Å². The number of carbonyl (C=O) groups is 2. The van der Waals surface area contributed by atoms with E-state index in [4.69, 9.17) is 21.4 Å². The molecule has 0 saturated heterocycles. The Hall–Kier alpha value is -2.53. The number of aryl methyl sites for hydroxylation is 1. The molecule has 2 aromatic rings. The van der Waals surface area contributed by atoms with Crippen LogP contribution in [0, 0.1) is 6.92 Å². The quantitative estimate of drug-likeness (QED) is 0.849. The minimum absolute atomic E-state index is 0.0486. The molecule has 0 aliphatic rings. The summed E-state index contributed by atoms with van der Waals surface area (Å²) in [5, 5.41) is 12.4. The van der Waals surface area contributed by atoms with Gasteiger partial charge in [-0.15, -0.1) is 0 Å². The van der Waals surface area contributed by atoms with Gasteiger partial charge in [0.2, 0.25) is 0 Å². The zero-order valence-corrected chi connectivity index (χ0v) is 12.6. The fraction of sp³-hybridized carbons (Fsp3) is 0.125. The number of nitrogens with one attached hydrogen (secondary N) is 1. The van der Waals surface area contributed by atoms with E-state index >= 15 is 0 Å². The first kappa shape index (κ1) is 15.9. The Labute approximate surface area is 132 Å². The van der Waals surface area contributed by atoms with Gasteiger partial charge >= 0.3 is 5.97 Å². The molecule has 2 aromatic carbocycles. The maximum Gasteiger partial charge on any atom is 0.338 e. The van der Waals surface area contributed by atoms with Crippen molar-refractivity contribution in [1.29, 1.82) is 0 Å². The second-order valence-electron chi connectivity index (χ2n) is 4.63. The van der Waals surface area contributed by atoms with Crippen molar-refractivity contribution in [3.63, 3.8) is 0 Å². The highest BCUT2D eigenvalue weighted by Gasteiger charge is 2.11. The van der Waals surface area contributed by atoms with Gasteiger partial charge < -0.3 is 15.2 Å². The smallest absolute Gasteiger partial charge is 0.338 e. The molecule has 0 saturated carbocycles. The number of ether oxygens (including phenoxy) is 1. The molecular weight excluding hydrogens is 306 g/mol. The number of hydrogen-bond acceptors (Lipinski definition) is 4. The van der Waals surface area contributed by atoms with Crippen LogP contribution in [0.5, 0.6) is 5.75 Å². The molecule has 0 atom stereocenters. The van der Waals surface area contributed by atoms with Crippen molar-refractivity contribution in [3.05, 3.63) is 58.6 Å². The Kier molecular flexibility index (Phi) is 5.01. The van der Waals surface area contributed by atoms with Gasteiger partial charge in [-0.1, -0.05) is 11.6 Å². The van der Waals surface area contributed by atoms with Gasteiger partial charge in [0.1, 0.15) is 5.75 Å². The molecule has 22 heavy (non-hydrogen) atoms. The molecule has 0 aliphatic heterocycles. The van der Waals surface area contributed by atoms with Gasteiger partial charge in [-0.2, -0.15) is 0 Å². The van der Waals surface area contributed by atoms with E-state index in [9.17, 15) is 9.59 Å². The highest BCUT2D eigenvalue weighted by Crippen LogP contribution is 2.19. The molecule has 0 fully saturated rings. The van der Waals surface area contributed by atoms with Gasteiger partial charge in [-0.05, 0) is 55.0 Å². The summed E-state index contributed by atoms with van der Waals surface area (Å²) in [4.78, 5) is 23.5. The molecule has 0 bridgehead atoms. The van der Waals surface area contributed by atoms with Crippen molar-refractivity contribution >= 4 is 29.2 Å². The highest BCUT2D eigenvalue weighted by molar-refractivity contribution is 6.30. The number of anilines is 1. The third-order valence-corrected chi connectivity index (χ3v) is 3.14. The summed E-state index contributed by atoms with van der Waals surface area (Å²) < 4.78 is 4.91. The van der Waals surface area contributed by atoms with Crippen LogP contribution in [0.4, 0.5) is 5.69 Å². The number of rotatable bonds is 4. The summed E-state index contributed by atoms with van der Waals surface area (Å²) in [6.07, 6.45) is 0. The molecule has 5 nitrogen and oxygen atoms in total. The summed E-state index contributed by atoms with van der Waals surface area (Å²) >= 11 is 5.84. The van der Waals surface area contributed by atoms with Crippen LogP contribution in [0.2, 0.25) is 5.02 Å². The van der Waals surface area contributed by atoms with E-state index in [-0.39, 0.29) is 11.3 Å². The Morgan fingerprint density at radius 1 is 1.18 bits per heavy atom. The van der Waals surface area contributed by atoms with Crippen molar-refractivity contribution < 1.29 is 19.4 Å². The predicted octanol–water partition coefficient (Wildman–Crippen LogP) is 3.15. The minimum atomic E-state index is -0.636. The van der Waals surface area contributed by atoms with Crippen molar-refractivity contribution in [2.24, 2.45) is 0 Å². The first-order chi connectivity index (χ1) is 10.5. The number of esters is 1. The molecule has 1 amide bonds. The standard InChI is InChI=1S/C16H14ClNO4/c1-10-8-12(17)4-7-14(10)18-15(20)9-22-16(21)11-2-5-13(19)6-3-11/h2-8,19H,9H2,1H3,(H,18,20). The molecule has 2 rings (SSSR count). The van der Waals surface area contributed by atoms with Crippen LogP contribution in [-0.4, -0.2) is 23.6 Å². The fourth-order valence-corrected chi connectivity index (χ4v) is 1.99. The lowest BCUT2D eigenvalue weighted by Crippen LogP contribution is -2.21. The van der Waals surface area contributed by atoms with Gasteiger partial charge in [0, 0.05) is 10.7 Å². The van der Waals surface area contributed by atoms with Crippen LogP contribution >= 0.6 is 11.6 Å². The van der Waals surface area contributed by atoms with E-state index in [1.165, 1.54) is 24.3 Å². The maximum absolute atomic E-state index is 11.8. The van der Waals surface area contributed by atoms with Crippen molar-refractivity contribution in [3.8, 4) is 5.75 Å². The summed E-state index contributed by atoms with van der Waals surface area (Å²) in [6.45, 7) is 1.41. The van der Waals surface area contributed by atoms with Crippen LogP contribution in [0.25, 0.3) is 0 Å². The average molecular weight is 320 g/mol. The number of benzene rings is 2. The molecule has 0 unspecified atom stereocenters. The van der Waals surface area contributed by atoms with Gasteiger partial charge in [0.05, 0.1) is 5.56 Å². The number of hydrogen-bond donors (Lipinski definition) is 2. The molecule has 0 heterocycles. The zero-order valence-electron chi connectivity index (χ0n) is 11.8. The van der Waals surface area contributed by atoms with E-state index in [1.54, 1.807) is 18.2 Å². The highest BCUT2D eigenvalue weighted by atomic mass is 35.5. The molecule has 114 valence electrons. The van der Waals surface area contributed by atoms with Crippen LogP contribution in [0.3, 0.4) is 0 Å². The summed E-state index contributed by atoms with van der Waals surface area (Å²) in [6, 6.07) is 10.6. The third-order valence-electron chi connectivity index (χ3n) is 2.90. The van der Waals surface area contributed by atoms with Crippen LogP contribution in [0.15, 0.2) is 42.5 Å². The molecule has 0 aliphatic carbocycles. The lowest BCUT2D eigenvalue weighted by Gasteiger charge is -2.09. The summed E-state index contributed by atoms with van der Waals surface area (Å²) in [7, 11) is 0. The number of amides is 1. The number of phenols is 1. The van der Waals surface area contributed by atoms with Crippen molar-refractivity contribution in [2.75, 3.05) is 11.9 Å². The molecular formula is C16H14ClNO4. The predicted molar refractivity (Wildman–Crippen MR) is 83.2 cm³/mol. The summed E-state index contributed by atoms with van der Waals surface area (Å²) in [5.74, 6) is -1.03. The maximum atomic E-state index is 11.8. The second kappa shape index (κ2) is 6.95. The SMILES string of the molecule is Cc1cc(Cl)ccc1NC(=O)COC(=O)c1ccc(O)cc1. The monoisotopic (exact) mass is 319 g/mol. The normalized spacial score (nSPS) is 10.1. The number of carbonyl (C=O) groups excluding carboxylic acids is 2.